The summed E-state index contributed by atoms with van der Waals surface area (Å²) in [5.41, 5.74) is 0.590. The van der Waals surface area contributed by atoms with Gasteiger partial charge in [-0.05, 0) is 25.0 Å². The molecule has 0 aliphatic carbocycles. The number of hydrogen-bond acceptors (Lipinski definition) is 5. The summed E-state index contributed by atoms with van der Waals surface area (Å²) in [6.45, 7) is 2.72. The molecule has 118 valence electrons. The van der Waals surface area contributed by atoms with Crippen LogP contribution in [0, 0.1) is 0 Å². The van der Waals surface area contributed by atoms with E-state index < -0.39 is 0 Å². The Hall–Kier alpha value is -1.82. The Bertz CT molecular complexity index is 613. The number of para-hydroxylation sites is 1. The van der Waals surface area contributed by atoms with Crippen molar-refractivity contribution in [3.8, 4) is 5.75 Å². The van der Waals surface area contributed by atoms with Gasteiger partial charge in [-0.3, -0.25) is 4.79 Å². The van der Waals surface area contributed by atoms with Crippen molar-refractivity contribution < 1.29 is 9.53 Å². The zero-order chi connectivity index (χ0) is 15.8. The molecule has 0 fully saturated rings. The minimum absolute atomic E-state index is 0.581. The molecule has 0 radical (unpaired) electrons. The molecule has 0 atom stereocenters. The lowest BCUT2D eigenvalue weighted by atomic mass is 10.2. The predicted molar refractivity (Wildman–Crippen MR) is 87.7 cm³/mol. The highest BCUT2D eigenvalue weighted by molar-refractivity contribution is 7.99. The van der Waals surface area contributed by atoms with Crippen LogP contribution in [0.2, 0.25) is 0 Å². The van der Waals surface area contributed by atoms with E-state index in [-0.39, 0.29) is 0 Å². The Balaban J connectivity index is 1.74. The van der Waals surface area contributed by atoms with E-state index in [0.717, 1.165) is 42.3 Å². The van der Waals surface area contributed by atoms with Crippen LogP contribution in [0.3, 0.4) is 0 Å². The molecular formula is C16H21N3O2S. The molecule has 5 nitrogen and oxygen atoms in total. The topological polar surface area (TPSA) is 57.0 Å². The van der Waals surface area contributed by atoms with Crippen molar-refractivity contribution >= 4 is 18.0 Å². The highest BCUT2D eigenvalue weighted by atomic mass is 32.2. The molecule has 0 bridgehead atoms. The lowest BCUT2D eigenvalue weighted by Gasteiger charge is -2.07. The number of rotatable bonds is 9. The minimum Gasteiger partial charge on any atom is -0.493 e. The third-order valence-electron chi connectivity index (χ3n) is 3.22. The quantitative estimate of drug-likeness (QED) is 0.404. The molecule has 6 heteroatoms. The van der Waals surface area contributed by atoms with Crippen molar-refractivity contribution in [2.75, 3.05) is 12.4 Å². The smallest absolute Gasteiger partial charge is 0.190 e. The number of carbonyl (C=O) groups is 1. The lowest BCUT2D eigenvalue weighted by Crippen LogP contribution is -2.02. The molecule has 1 heterocycles. The average molecular weight is 319 g/mol. The van der Waals surface area contributed by atoms with Gasteiger partial charge in [0, 0.05) is 19.2 Å². The summed E-state index contributed by atoms with van der Waals surface area (Å²) < 4.78 is 7.70. The van der Waals surface area contributed by atoms with E-state index in [1.807, 2.05) is 25.2 Å². The minimum atomic E-state index is 0.581. The molecule has 0 spiro atoms. The molecule has 0 amide bonds. The van der Waals surface area contributed by atoms with Crippen LogP contribution in [-0.2, 0) is 13.5 Å². The van der Waals surface area contributed by atoms with Gasteiger partial charge in [-0.1, -0.05) is 30.8 Å². The molecule has 0 N–H and O–H groups in total. The van der Waals surface area contributed by atoms with E-state index in [0.29, 0.717) is 17.9 Å². The molecule has 0 saturated carbocycles. The van der Waals surface area contributed by atoms with E-state index in [2.05, 4.69) is 21.7 Å². The molecule has 0 unspecified atom stereocenters. The number of hydrogen-bond donors (Lipinski definition) is 0. The van der Waals surface area contributed by atoms with Gasteiger partial charge >= 0.3 is 0 Å². The predicted octanol–water partition coefficient (Wildman–Crippen LogP) is 3.14. The van der Waals surface area contributed by atoms with Gasteiger partial charge in [-0.15, -0.1) is 10.2 Å². The van der Waals surface area contributed by atoms with Crippen LogP contribution in [0.4, 0.5) is 0 Å². The first-order valence-electron chi connectivity index (χ1n) is 7.44. The molecule has 0 saturated heterocycles. The molecule has 22 heavy (non-hydrogen) atoms. The van der Waals surface area contributed by atoms with E-state index in [9.17, 15) is 4.79 Å². The van der Waals surface area contributed by atoms with Crippen LogP contribution in [0.15, 0.2) is 29.4 Å². The van der Waals surface area contributed by atoms with Crippen molar-refractivity contribution in [3.63, 3.8) is 0 Å². The van der Waals surface area contributed by atoms with Crippen molar-refractivity contribution in [1.82, 2.24) is 14.8 Å². The molecule has 1 aromatic carbocycles. The fraction of sp³-hybridized carbons (Fsp3) is 0.438. The average Bonchev–Trinajstić information content (AvgIpc) is 2.88. The monoisotopic (exact) mass is 319 g/mol. The van der Waals surface area contributed by atoms with E-state index in [4.69, 9.17) is 4.74 Å². The highest BCUT2D eigenvalue weighted by Gasteiger charge is 2.08. The summed E-state index contributed by atoms with van der Waals surface area (Å²) in [7, 11) is 2.00. The number of aldehydes is 1. The fourth-order valence-electron chi connectivity index (χ4n) is 2.03. The van der Waals surface area contributed by atoms with Gasteiger partial charge in [-0.2, -0.15) is 0 Å². The SMILES string of the molecule is CCCc1nnc(SCCCOc2ccccc2C=O)n1C. The molecular weight excluding hydrogens is 298 g/mol. The van der Waals surface area contributed by atoms with Crippen LogP contribution in [-0.4, -0.2) is 33.4 Å². The zero-order valence-electron chi connectivity index (χ0n) is 13.0. The fourth-order valence-corrected chi connectivity index (χ4v) is 2.87. The third-order valence-corrected chi connectivity index (χ3v) is 4.33. The maximum Gasteiger partial charge on any atom is 0.190 e. The Kier molecular flexibility index (Phi) is 6.45. The van der Waals surface area contributed by atoms with Gasteiger partial charge < -0.3 is 9.30 Å². The number of aromatic nitrogens is 3. The number of ether oxygens (including phenoxy) is 1. The van der Waals surface area contributed by atoms with Crippen molar-refractivity contribution in [2.24, 2.45) is 7.05 Å². The maximum atomic E-state index is 10.9. The van der Waals surface area contributed by atoms with Crippen molar-refractivity contribution in [2.45, 2.75) is 31.3 Å². The van der Waals surface area contributed by atoms with Gasteiger partial charge in [0.25, 0.3) is 0 Å². The number of thioether (sulfide) groups is 1. The number of aryl methyl sites for hydroxylation is 1. The first kappa shape index (κ1) is 16.5. The second-order valence-corrected chi connectivity index (χ2v) is 5.98. The van der Waals surface area contributed by atoms with Crippen molar-refractivity contribution in [1.29, 1.82) is 0 Å². The van der Waals surface area contributed by atoms with Crippen LogP contribution in [0.25, 0.3) is 0 Å². The Morgan fingerprint density at radius 1 is 1.32 bits per heavy atom. The van der Waals surface area contributed by atoms with Gasteiger partial charge in [0.2, 0.25) is 0 Å². The summed E-state index contributed by atoms with van der Waals surface area (Å²) in [4.78, 5) is 10.9. The first-order valence-corrected chi connectivity index (χ1v) is 8.43. The largest absolute Gasteiger partial charge is 0.493 e. The van der Waals surface area contributed by atoms with Gasteiger partial charge in [0.1, 0.15) is 11.6 Å². The Morgan fingerprint density at radius 3 is 2.91 bits per heavy atom. The second-order valence-electron chi connectivity index (χ2n) is 4.91. The molecule has 0 aliphatic rings. The number of benzene rings is 1. The van der Waals surface area contributed by atoms with Gasteiger partial charge in [0.05, 0.1) is 12.2 Å². The summed E-state index contributed by atoms with van der Waals surface area (Å²) in [5, 5.41) is 9.34. The molecule has 0 aliphatic heterocycles. The molecule has 2 rings (SSSR count). The Labute approximate surface area is 135 Å². The van der Waals surface area contributed by atoms with Crippen LogP contribution in [0.1, 0.15) is 35.9 Å². The maximum absolute atomic E-state index is 10.9. The van der Waals surface area contributed by atoms with Crippen molar-refractivity contribution in [3.05, 3.63) is 35.7 Å². The van der Waals surface area contributed by atoms with Gasteiger partial charge in [-0.25, -0.2) is 0 Å². The number of carbonyl (C=O) groups excluding carboxylic acids is 1. The summed E-state index contributed by atoms with van der Waals surface area (Å²) in [6.07, 6.45) is 3.73. The van der Waals surface area contributed by atoms with Crippen LogP contribution < -0.4 is 4.74 Å². The number of nitrogens with zero attached hydrogens (tertiary/aromatic N) is 3. The molecule has 1 aromatic heterocycles. The highest BCUT2D eigenvalue weighted by Crippen LogP contribution is 2.19. The zero-order valence-corrected chi connectivity index (χ0v) is 13.8. The van der Waals surface area contributed by atoms with Crippen LogP contribution >= 0.6 is 11.8 Å². The van der Waals surface area contributed by atoms with Crippen LogP contribution in [0.5, 0.6) is 5.75 Å². The normalized spacial score (nSPS) is 10.6. The van der Waals surface area contributed by atoms with Gasteiger partial charge in [0.15, 0.2) is 11.4 Å². The standard InChI is InChI=1S/C16H21N3O2S/c1-3-7-15-17-18-16(19(15)2)22-11-6-10-21-14-9-5-4-8-13(14)12-20/h4-5,8-9,12H,3,6-7,10-11H2,1-2H3. The summed E-state index contributed by atoms with van der Waals surface area (Å²) in [6, 6.07) is 7.27. The lowest BCUT2D eigenvalue weighted by molar-refractivity contribution is 0.111. The van der Waals surface area contributed by atoms with E-state index in [1.165, 1.54) is 0 Å². The van der Waals surface area contributed by atoms with E-state index >= 15 is 0 Å². The Morgan fingerprint density at radius 2 is 2.14 bits per heavy atom. The third kappa shape index (κ3) is 4.34. The first-order chi connectivity index (χ1) is 10.8. The summed E-state index contributed by atoms with van der Waals surface area (Å²) in [5.74, 6) is 2.58. The summed E-state index contributed by atoms with van der Waals surface area (Å²) >= 11 is 1.68. The molecule has 2 aromatic rings. The second kappa shape index (κ2) is 8.58. The van der Waals surface area contributed by atoms with E-state index in [1.54, 1.807) is 17.8 Å².